The molecule has 0 aromatic heterocycles. The zero-order valence-corrected chi connectivity index (χ0v) is 7.33. The molecule has 2 aliphatic rings. The van der Waals surface area contributed by atoms with Crippen LogP contribution in [0.1, 0.15) is 20.3 Å². The van der Waals surface area contributed by atoms with E-state index in [-0.39, 0.29) is 11.9 Å². The van der Waals surface area contributed by atoms with Crippen molar-refractivity contribution >= 4 is 5.78 Å². The molecule has 0 saturated carbocycles. The molecule has 2 atom stereocenters. The molecule has 12 heavy (non-hydrogen) atoms. The summed E-state index contributed by atoms with van der Waals surface area (Å²) in [5.41, 5.74) is 0.894. The Kier molecular flexibility index (Phi) is 1.56. The highest BCUT2D eigenvalue weighted by Crippen LogP contribution is 2.38. The van der Waals surface area contributed by atoms with Gasteiger partial charge in [0.2, 0.25) is 0 Å². The number of hydrogen-bond acceptors (Lipinski definition) is 2. The monoisotopic (exact) mass is 164 g/mol. The van der Waals surface area contributed by atoms with Crippen LogP contribution in [0.3, 0.4) is 0 Å². The van der Waals surface area contributed by atoms with E-state index in [0.29, 0.717) is 5.92 Å². The molecule has 0 aromatic rings. The second kappa shape index (κ2) is 2.47. The summed E-state index contributed by atoms with van der Waals surface area (Å²) in [6.07, 6.45) is 5.23. The summed E-state index contributed by atoms with van der Waals surface area (Å²) < 4.78 is 5.53. The van der Waals surface area contributed by atoms with Crippen LogP contribution in [0.4, 0.5) is 0 Å². The first-order valence-corrected chi connectivity index (χ1v) is 4.25. The number of Topliss-reactive ketones (excluding diaryl/α,β-unsaturated/α-hetero) is 1. The first-order chi connectivity index (χ1) is 5.70. The Morgan fingerprint density at radius 2 is 2.42 bits per heavy atom. The van der Waals surface area contributed by atoms with Crippen LogP contribution in [0.25, 0.3) is 0 Å². The van der Waals surface area contributed by atoms with E-state index in [2.05, 4.69) is 6.08 Å². The summed E-state index contributed by atoms with van der Waals surface area (Å²) in [5, 5.41) is 0. The van der Waals surface area contributed by atoms with Crippen molar-refractivity contribution in [1.82, 2.24) is 0 Å². The van der Waals surface area contributed by atoms with Crippen molar-refractivity contribution in [3.05, 3.63) is 23.5 Å². The molecule has 0 saturated heterocycles. The van der Waals surface area contributed by atoms with Gasteiger partial charge in [0.25, 0.3) is 0 Å². The van der Waals surface area contributed by atoms with Crippen molar-refractivity contribution in [2.75, 3.05) is 0 Å². The topological polar surface area (TPSA) is 26.3 Å². The Bertz CT molecular complexity index is 286. The molecule has 1 heterocycles. The lowest BCUT2D eigenvalue weighted by atomic mass is 9.93. The number of allylic oxidation sites excluding steroid dienone is 2. The van der Waals surface area contributed by atoms with Gasteiger partial charge in [0.1, 0.15) is 11.9 Å². The van der Waals surface area contributed by atoms with E-state index < -0.39 is 0 Å². The van der Waals surface area contributed by atoms with Crippen molar-refractivity contribution in [3.63, 3.8) is 0 Å². The minimum Gasteiger partial charge on any atom is -0.490 e. The molecule has 0 spiro atoms. The molecule has 64 valence electrons. The van der Waals surface area contributed by atoms with Crippen LogP contribution in [-0.4, -0.2) is 11.9 Å². The highest BCUT2D eigenvalue weighted by atomic mass is 16.5. The number of ketones is 1. The van der Waals surface area contributed by atoms with E-state index in [1.54, 1.807) is 6.92 Å². The third-order valence-electron chi connectivity index (χ3n) is 2.55. The maximum absolute atomic E-state index is 11.2. The number of ether oxygens (including phenoxy) is 1. The number of fused-ring (bicyclic) bond motifs is 1. The van der Waals surface area contributed by atoms with Gasteiger partial charge >= 0.3 is 0 Å². The number of hydrogen-bond donors (Lipinski definition) is 0. The molecule has 1 aliphatic carbocycles. The Morgan fingerprint density at radius 1 is 1.67 bits per heavy atom. The van der Waals surface area contributed by atoms with Crippen LogP contribution in [0, 0.1) is 5.92 Å². The third kappa shape index (κ3) is 0.909. The van der Waals surface area contributed by atoms with Gasteiger partial charge in [0, 0.05) is 11.5 Å². The van der Waals surface area contributed by atoms with E-state index in [1.165, 1.54) is 0 Å². The molecule has 0 amide bonds. The van der Waals surface area contributed by atoms with E-state index in [4.69, 9.17) is 4.74 Å². The van der Waals surface area contributed by atoms with Crippen molar-refractivity contribution in [2.45, 2.75) is 26.4 Å². The molecule has 1 aliphatic heterocycles. The average Bonchev–Trinajstić information content (AvgIpc) is 2.44. The predicted octanol–water partition coefficient (Wildman–Crippen LogP) is 1.82. The first kappa shape index (κ1) is 7.59. The molecule has 0 bridgehead atoms. The highest BCUT2D eigenvalue weighted by molar-refractivity contribution is 5.95. The molecule has 2 heteroatoms. The normalized spacial score (nSPS) is 32.2. The zero-order valence-electron chi connectivity index (χ0n) is 7.33. The standard InChI is InChI=1S/C10H12O2/c1-6(11)10-7(2)12-9-5-3-4-8(9)10/h3,5,8-9H,4H2,1-2H3/t8-,9+/m1/s1. The lowest BCUT2D eigenvalue weighted by Gasteiger charge is -2.09. The maximum atomic E-state index is 11.2. The van der Waals surface area contributed by atoms with Crippen molar-refractivity contribution in [1.29, 1.82) is 0 Å². The molecule has 0 unspecified atom stereocenters. The van der Waals surface area contributed by atoms with Gasteiger partial charge in [-0.2, -0.15) is 0 Å². The molecular formula is C10H12O2. The van der Waals surface area contributed by atoms with Crippen LogP contribution < -0.4 is 0 Å². The Hall–Kier alpha value is -1.05. The van der Waals surface area contributed by atoms with Crippen LogP contribution in [0.15, 0.2) is 23.5 Å². The summed E-state index contributed by atoms with van der Waals surface area (Å²) in [5.74, 6) is 1.29. The Balaban J connectivity index is 2.31. The molecular weight excluding hydrogens is 152 g/mol. The molecule has 0 aromatic carbocycles. The lowest BCUT2D eigenvalue weighted by Crippen LogP contribution is -2.14. The van der Waals surface area contributed by atoms with Crippen molar-refractivity contribution in [3.8, 4) is 0 Å². The molecule has 2 nitrogen and oxygen atoms in total. The molecule has 0 fully saturated rings. The summed E-state index contributed by atoms with van der Waals surface area (Å²) >= 11 is 0. The quantitative estimate of drug-likeness (QED) is 0.552. The summed E-state index contributed by atoms with van der Waals surface area (Å²) in [7, 11) is 0. The largest absolute Gasteiger partial charge is 0.490 e. The van der Waals surface area contributed by atoms with Gasteiger partial charge in [0.15, 0.2) is 5.78 Å². The van der Waals surface area contributed by atoms with Crippen LogP contribution in [0.2, 0.25) is 0 Å². The fourth-order valence-electron chi connectivity index (χ4n) is 2.07. The van der Waals surface area contributed by atoms with Crippen LogP contribution in [-0.2, 0) is 9.53 Å². The van der Waals surface area contributed by atoms with Crippen molar-refractivity contribution in [2.24, 2.45) is 5.92 Å². The number of rotatable bonds is 1. The van der Waals surface area contributed by atoms with Gasteiger partial charge in [-0.05, 0) is 26.3 Å². The smallest absolute Gasteiger partial charge is 0.159 e. The number of carbonyl (C=O) groups is 1. The van der Waals surface area contributed by atoms with Crippen LogP contribution in [0.5, 0.6) is 0 Å². The molecule has 0 radical (unpaired) electrons. The van der Waals surface area contributed by atoms with Crippen molar-refractivity contribution < 1.29 is 9.53 Å². The Morgan fingerprint density at radius 3 is 3.08 bits per heavy atom. The predicted molar refractivity (Wildman–Crippen MR) is 45.5 cm³/mol. The minimum absolute atomic E-state index is 0.142. The molecule has 2 rings (SSSR count). The van der Waals surface area contributed by atoms with Gasteiger partial charge in [0.05, 0.1) is 0 Å². The van der Waals surface area contributed by atoms with Gasteiger partial charge < -0.3 is 4.74 Å². The first-order valence-electron chi connectivity index (χ1n) is 4.25. The van der Waals surface area contributed by atoms with E-state index >= 15 is 0 Å². The maximum Gasteiger partial charge on any atom is 0.159 e. The minimum atomic E-state index is 0.142. The SMILES string of the molecule is CC(=O)C1=C(C)O[C@H]2C=CC[C@@H]12. The van der Waals surface area contributed by atoms with Gasteiger partial charge in [-0.25, -0.2) is 0 Å². The molecule has 0 N–H and O–H groups in total. The zero-order chi connectivity index (χ0) is 8.72. The summed E-state index contributed by atoms with van der Waals surface area (Å²) in [4.78, 5) is 11.2. The number of carbonyl (C=O) groups excluding carboxylic acids is 1. The van der Waals surface area contributed by atoms with E-state index in [0.717, 1.165) is 17.8 Å². The summed E-state index contributed by atoms with van der Waals surface area (Å²) in [6, 6.07) is 0. The van der Waals surface area contributed by atoms with Gasteiger partial charge in [-0.3, -0.25) is 4.79 Å². The Labute approximate surface area is 71.9 Å². The fraction of sp³-hybridized carbons (Fsp3) is 0.500. The fourth-order valence-corrected chi connectivity index (χ4v) is 2.07. The van der Waals surface area contributed by atoms with Gasteiger partial charge in [-0.1, -0.05) is 6.08 Å². The second-order valence-corrected chi connectivity index (χ2v) is 3.38. The highest BCUT2D eigenvalue weighted by Gasteiger charge is 2.37. The van der Waals surface area contributed by atoms with E-state index in [9.17, 15) is 4.79 Å². The third-order valence-corrected chi connectivity index (χ3v) is 2.55. The van der Waals surface area contributed by atoms with Crippen LogP contribution >= 0.6 is 0 Å². The lowest BCUT2D eigenvalue weighted by molar-refractivity contribution is -0.114. The average molecular weight is 164 g/mol. The summed E-state index contributed by atoms with van der Waals surface area (Å²) in [6.45, 7) is 3.49. The van der Waals surface area contributed by atoms with Gasteiger partial charge in [-0.15, -0.1) is 0 Å². The van der Waals surface area contributed by atoms with E-state index in [1.807, 2.05) is 13.0 Å². The second-order valence-electron chi connectivity index (χ2n) is 3.38.